The van der Waals surface area contributed by atoms with Crippen LogP contribution >= 0.6 is 0 Å². The van der Waals surface area contributed by atoms with Gasteiger partial charge in [0.05, 0.1) is 0 Å². The summed E-state index contributed by atoms with van der Waals surface area (Å²) in [5.41, 5.74) is 5.44. The number of aryl methyl sites for hydroxylation is 1. The highest BCUT2D eigenvalue weighted by Gasteiger charge is 2.06. The van der Waals surface area contributed by atoms with Crippen molar-refractivity contribution in [2.45, 2.75) is 6.92 Å². The lowest BCUT2D eigenvalue weighted by molar-refractivity contribution is -0.132. The molecule has 0 saturated heterocycles. The van der Waals surface area contributed by atoms with Gasteiger partial charge in [0.15, 0.2) is 0 Å². The normalized spacial score (nSPS) is 10.7. The molecule has 0 atom stereocenters. The van der Waals surface area contributed by atoms with E-state index in [0.29, 0.717) is 18.0 Å². The number of carbonyl (C=O) groups is 2. The first-order valence-electron chi connectivity index (χ1n) is 9.98. The minimum absolute atomic E-state index is 0.320. The van der Waals surface area contributed by atoms with E-state index in [1.54, 1.807) is 0 Å². The number of carbonyl (C=O) groups excluding carboxylic acids is 2. The summed E-state index contributed by atoms with van der Waals surface area (Å²) in [6, 6.07) is 21.5. The van der Waals surface area contributed by atoms with Gasteiger partial charge in [0.1, 0.15) is 36.5 Å². The van der Waals surface area contributed by atoms with Crippen LogP contribution in [0.5, 0.6) is 11.5 Å². The maximum absolute atomic E-state index is 11.0. The predicted octanol–water partition coefficient (Wildman–Crippen LogP) is 5.93. The van der Waals surface area contributed by atoms with Crippen LogP contribution in [0, 0.1) is 6.92 Å². The van der Waals surface area contributed by atoms with Crippen molar-refractivity contribution in [2.24, 2.45) is 0 Å². The third-order valence-electron chi connectivity index (χ3n) is 4.58. The molecule has 0 bridgehead atoms. The summed E-state index contributed by atoms with van der Waals surface area (Å²) in [4.78, 5) is 21.1. The standard InChI is InChI=1S/C27H22O6/c1-3-27(29)33-17-16-32-25-11-6-22(7-12-25)26-13-8-23(18-20(26)2)21-4-9-24(10-5-21)31-15-14-30-19-28/h3-19H,1H2,2H3/b15-14-,17-16-. The Hall–Kier alpha value is -4.58. The van der Waals surface area contributed by atoms with E-state index in [2.05, 4.69) is 36.4 Å². The third-order valence-corrected chi connectivity index (χ3v) is 4.58. The molecule has 0 N–H and O–H groups in total. The molecule has 0 heterocycles. The fourth-order valence-electron chi connectivity index (χ4n) is 3.03. The van der Waals surface area contributed by atoms with E-state index in [0.717, 1.165) is 33.9 Å². The molecule has 0 unspecified atom stereocenters. The molecule has 3 aromatic carbocycles. The van der Waals surface area contributed by atoms with Gasteiger partial charge in [-0.15, -0.1) is 0 Å². The molecule has 3 rings (SSSR count). The summed E-state index contributed by atoms with van der Waals surface area (Å²) in [5, 5.41) is 0. The second-order valence-corrected chi connectivity index (χ2v) is 6.73. The molecule has 0 aromatic heterocycles. The lowest BCUT2D eigenvalue weighted by Crippen LogP contribution is -1.93. The molecule has 166 valence electrons. The van der Waals surface area contributed by atoms with Gasteiger partial charge >= 0.3 is 5.97 Å². The average Bonchev–Trinajstić information content (AvgIpc) is 2.85. The van der Waals surface area contributed by atoms with Crippen LogP contribution < -0.4 is 9.47 Å². The Morgan fingerprint density at radius 3 is 1.91 bits per heavy atom. The smallest absolute Gasteiger partial charge is 0.335 e. The molecule has 0 fully saturated rings. The lowest BCUT2D eigenvalue weighted by atomic mass is 9.96. The van der Waals surface area contributed by atoms with Gasteiger partial charge in [-0.2, -0.15) is 0 Å². The van der Waals surface area contributed by atoms with E-state index in [9.17, 15) is 9.59 Å². The van der Waals surface area contributed by atoms with Gasteiger partial charge in [0.25, 0.3) is 6.47 Å². The van der Waals surface area contributed by atoms with Gasteiger partial charge in [0.2, 0.25) is 0 Å². The molecule has 6 heteroatoms. The highest BCUT2D eigenvalue weighted by Crippen LogP contribution is 2.30. The van der Waals surface area contributed by atoms with Gasteiger partial charge < -0.3 is 18.9 Å². The van der Waals surface area contributed by atoms with Crippen molar-refractivity contribution in [3.8, 4) is 33.8 Å². The Kier molecular flexibility index (Phi) is 8.20. The summed E-state index contributed by atoms with van der Waals surface area (Å²) in [6.07, 6.45) is 6.00. The molecule has 0 amide bonds. The second kappa shape index (κ2) is 11.7. The Morgan fingerprint density at radius 2 is 1.33 bits per heavy atom. The minimum atomic E-state index is -0.549. The number of benzene rings is 3. The lowest BCUT2D eigenvalue weighted by Gasteiger charge is -2.10. The highest BCUT2D eigenvalue weighted by molar-refractivity contribution is 5.81. The minimum Gasteiger partial charge on any atom is -0.462 e. The van der Waals surface area contributed by atoms with Crippen LogP contribution in [0.2, 0.25) is 0 Å². The fourth-order valence-corrected chi connectivity index (χ4v) is 3.03. The van der Waals surface area contributed by atoms with Gasteiger partial charge in [0, 0.05) is 6.08 Å². The first-order chi connectivity index (χ1) is 16.1. The molecule has 0 saturated carbocycles. The maximum atomic E-state index is 11.0. The zero-order chi connectivity index (χ0) is 23.5. The van der Waals surface area contributed by atoms with E-state index < -0.39 is 5.97 Å². The summed E-state index contributed by atoms with van der Waals surface area (Å²) in [6.45, 7) is 5.70. The molecular formula is C27H22O6. The number of esters is 1. The van der Waals surface area contributed by atoms with Crippen molar-refractivity contribution in [1.29, 1.82) is 0 Å². The van der Waals surface area contributed by atoms with E-state index in [1.807, 2.05) is 48.5 Å². The molecule has 0 radical (unpaired) electrons. The molecule has 0 spiro atoms. The van der Waals surface area contributed by atoms with Gasteiger partial charge in [-0.1, -0.05) is 49.0 Å². The summed E-state index contributed by atoms with van der Waals surface area (Å²) in [7, 11) is 0. The monoisotopic (exact) mass is 442 g/mol. The fraction of sp³-hybridized carbons (Fsp3) is 0.0370. The van der Waals surface area contributed by atoms with Crippen molar-refractivity contribution in [3.63, 3.8) is 0 Å². The number of ether oxygens (including phenoxy) is 4. The van der Waals surface area contributed by atoms with Gasteiger partial charge in [-0.25, -0.2) is 4.79 Å². The van der Waals surface area contributed by atoms with E-state index in [1.165, 1.54) is 25.0 Å². The molecular weight excluding hydrogens is 420 g/mol. The molecule has 0 aliphatic heterocycles. The second-order valence-electron chi connectivity index (χ2n) is 6.73. The molecule has 0 aliphatic carbocycles. The number of hydrogen-bond acceptors (Lipinski definition) is 6. The highest BCUT2D eigenvalue weighted by atomic mass is 16.5. The SMILES string of the molecule is C=CC(=O)O/C=C\Oc1ccc(-c2ccc(-c3ccc(O/C=C\OC=O)cc3)cc2C)cc1. The zero-order valence-corrected chi connectivity index (χ0v) is 18.0. The first-order valence-corrected chi connectivity index (χ1v) is 9.98. The quantitative estimate of drug-likeness (QED) is 0.168. The maximum Gasteiger partial charge on any atom is 0.335 e. The van der Waals surface area contributed by atoms with E-state index in [4.69, 9.17) is 14.2 Å². The number of rotatable bonds is 10. The van der Waals surface area contributed by atoms with Crippen LogP contribution in [0.1, 0.15) is 5.56 Å². The zero-order valence-electron chi connectivity index (χ0n) is 18.0. The first kappa shape index (κ1) is 23.1. The molecule has 3 aromatic rings. The summed E-state index contributed by atoms with van der Waals surface area (Å²) >= 11 is 0. The largest absolute Gasteiger partial charge is 0.462 e. The van der Waals surface area contributed by atoms with Crippen LogP contribution in [0.15, 0.2) is 104 Å². The predicted molar refractivity (Wildman–Crippen MR) is 125 cm³/mol. The van der Waals surface area contributed by atoms with Crippen LogP contribution in [-0.2, 0) is 19.1 Å². The summed E-state index contributed by atoms with van der Waals surface area (Å²) < 4.78 is 19.9. The van der Waals surface area contributed by atoms with Crippen molar-refractivity contribution < 1.29 is 28.5 Å². The van der Waals surface area contributed by atoms with Crippen molar-refractivity contribution in [1.82, 2.24) is 0 Å². The van der Waals surface area contributed by atoms with Crippen molar-refractivity contribution in [2.75, 3.05) is 0 Å². The topological polar surface area (TPSA) is 71.1 Å². The van der Waals surface area contributed by atoms with Crippen LogP contribution in [0.4, 0.5) is 0 Å². The summed E-state index contributed by atoms with van der Waals surface area (Å²) in [5.74, 6) is 0.703. The van der Waals surface area contributed by atoms with E-state index >= 15 is 0 Å². The Labute approximate surface area is 192 Å². The molecule has 6 nitrogen and oxygen atoms in total. The van der Waals surface area contributed by atoms with E-state index in [-0.39, 0.29) is 0 Å². The van der Waals surface area contributed by atoms with Crippen LogP contribution in [-0.4, -0.2) is 12.4 Å². The number of hydrogen-bond donors (Lipinski definition) is 0. The third kappa shape index (κ3) is 6.70. The van der Waals surface area contributed by atoms with Crippen LogP contribution in [0.25, 0.3) is 22.3 Å². The molecule has 33 heavy (non-hydrogen) atoms. The Balaban J connectivity index is 1.66. The van der Waals surface area contributed by atoms with Crippen molar-refractivity contribution in [3.05, 3.63) is 110 Å². The van der Waals surface area contributed by atoms with Gasteiger partial charge in [-0.3, -0.25) is 4.79 Å². The van der Waals surface area contributed by atoms with Crippen LogP contribution in [0.3, 0.4) is 0 Å². The Bertz CT molecular complexity index is 1160. The Morgan fingerprint density at radius 1 is 0.758 bits per heavy atom. The van der Waals surface area contributed by atoms with Crippen molar-refractivity contribution >= 4 is 12.4 Å². The molecule has 0 aliphatic rings. The average molecular weight is 442 g/mol. The van der Waals surface area contributed by atoms with Gasteiger partial charge in [-0.05, 0) is 59.0 Å².